The van der Waals surface area contributed by atoms with E-state index < -0.39 is 0 Å². The molecule has 2 heteroatoms. The van der Waals surface area contributed by atoms with Crippen molar-refractivity contribution in [3.63, 3.8) is 0 Å². The molecule has 11 heavy (non-hydrogen) atoms. The van der Waals surface area contributed by atoms with Gasteiger partial charge in [0, 0.05) is 0 Å². The second-order valence-electron chi connectivity index (χ2n) is 2.56. The molecule has 1 aromatic rings. The first kappa shape index (κ1) is 6.83. The van der Waals surface area contributed by atoms with Crippen molar-refractivity contribution in [1.29, 1.82) is 0 Å². The van der Waals surface area contributed by atoms with Gasteiger partial charge in [-0.15, -0.1) is 0 Å². The Bertz CT molecular complexity index is 216. The Morgan fingerprint density at radius 3 is 2.73 bits per heavy atom. The Morgan fingerprint density at radius 2 is 2.09 bits per heavy atom. The van der Waals surface area contributed by atoms with Crippen LogP contribution in [0.5, 0.6) is 0 Å². The van der Waals surface area contributed by atoms with E-state index in [9.17, 15) is 0 Å². The van der Waals surface area contributed by atoms with Gasteiger partial charge in [-0.25, -0.2) is 0 Å². The molecule has 0 unspecified atom stereocenters. The third-order valence-electron chi connectivity index (χ3n) is 1.58. The van der Waals surface area contributed by atoms with Crippen LogP contribution in [0.15, 0.2) is 30.3 Å². The molecule has 1 aromatic carbocycles. The number of benzene rings is 1. The minimum Gasteiger partial charge on any atom is -0.346 e. The summed E-state index contributed by atoms with van der Waals surface area (Å²) in [5.74, 6) is 0. The van der Waals surface area contributed by atoms with Crippen molar-refractivity contribution >= 4 is 0 Å². The summed E-state index contributed by atoms with van der Waals surface area (Å²) in [6.45, 7) is 1.42. The number of rotatable bonds is 3. The van der Waals surface area contributed by atoms with Gasteiger partial charge >= 0.3 is 0 Å². The third kappa shape index (κ3) is 2.03. The Morgan fingerprint density at radius 1 is 1.36 bits per heavy atom. The molecule has 0 N–H and O–H groups in total. The van der Waals surface area contributed by atoms with Crippen molar-refractivity contribution in [1.82, 2.24) is 0 Å². The molecular formula is C9H10O2. The molecule has 0 saturated carbocycles. The van der Waals surface area contributed by atoms with Crippen LogP contribution in [0, 0.1) is 0 Å². The number of hydrogen-bond acceptors (Lipinski definition) is 2. The van der Waals surface area contributed by atoms with Gasteiger partial charge in [-0.05, 0) is 5.56 Å². The van der Waals surface area contributed by atoms with Crippen molar-refractivity contribution in [2.24, 2.45) is 0 Å². The van der Waals surface area contributed by atoms with Crippen molar-refractivity contribution in [2.75, 3.05) is 6.61 Å². The van der Waals surface area contributed by atoms with E-state index in [-0.39, 0.29) is 6.29 Å². The Kier molecular flexibility index (Phi) is 1.88. The van der Waals surface area contributed by atoms with Crippen molar-refractivity contribution in [3.8, 4) is 0 Å². The molecule has 0 radical (unpaired) electrons. The van der Waals surface area contributed by atoms with Gasteiger partial charge < -0.3 is 9.47 Å². The summed E-state index contributed by atoms with van der Waals surface area (Å²) in [5, 5.41) is 0. The summed E-state index contributed by atoms with van der Waals surface area (Å²) in [6.07, 6.45) is 0.0650. The fourth-order valence-corrected chi connectivity index (χ4v) is 0.899. The summed E-state index contributed by atoms with van der Waals surface area (Å²) < 4.78 is 10.2. The van der Waals surface area contributed by atoms with E-state index in [0.29, 0.717) is 6.61 Å². The second-order valence-corrected chi connectivity index (χ2v) is 2.56. The highest BCUT2D eigenvalue weighted by atomic mass is 16.8. The fraction of sp³-hybridized carbons (Fsp3) is 0.333. The van der Waals surface area contributed by atoms with Gasteiger partial charge in [-0.3, -0.25) is 0 Å². The van der Waals surface area contributed by atoms with Gasteiger partial charge in [-0.1, -0.05) is 30.3 Å². The first-order chi connectivity index (χ1) is 5.45. The average Bonchev–Trinajstić information content (AvgIpc) is 2.86. The third-order valence-corrected chi connectivity index (χ3v) is 1.58. The fourth-order valence-electron chi connectivity index (χ4n) is 0.899. The molecule has 2 rings (SSSR count). The molecule has 1 aliphatic rings. The topological polar surface area (TPSA) is 21.8 Å². The molecule has 1 saturated heterocycles. The SMILES string of the molecule is c1ccc(CO[C@@H]2CO2)cc1. The zero-order chi connectivity index (χ0) is 7.52. The first-order valence-corrected chi connectivity index (χ1v) is 3.72. The maximum Gasteiger partial charge on any atom is 0.181 e. The molecule has 58 valence electrons. The zero-order valence-corrected chi connectivity index (χ0v) is 6.19. The van der Waals surface area contributed by atoms with Crippen LogP contribution in [0.25, 0.3) is 0 Å². The van der Waals surface area contributed by atoms with Crippen LogP contribution in [-0.2, 0) is 16.1 Å². The van der Waals surface area contributed by atoms with Crippen LogP contribution < -0.4 is 0 Å². The van der Waals surface area contributed by atoms with Gasteiger partial charge in [-0.2, -0.15) is 0 Å². The Hall–Kier alpha value is -0.860. The summed E-state index contributed by atoms with van der Waals surface area (Å²) >= 11 is 0. The van der Waals surface area contributed by atoms with Crippen LogP contribution in [0.1, 0.15) is 5.56 Å². The summed E-state index contributed by atoms with van der Waals surface area (Å²) in [7, 11) is 0. The summed E-state index contributed by atoms with van der Waals surface area (Å²) in [6, 6.07) is 10.1. The number of hydrogen-bond donors (Lipinski definition) is 0. The highest BCUT2D eigenvalue weighted by Gasteiger charge is 2.22. The Labute approximate surface area is 65.7 Å². The van der Waals surface area contributed by atoms with E-state index in [1.54, 1.807) is 0 Å². The normalized spacial score (nSPS) is 21.6. The maximum atomic E-state index is 5.32. The predicted molar refractivity (Wildman–Crippen MR) is 41.0 cm³/mol. The maximum absolute atomic E-state index is 5.32. The van der Waals surface area contributed by atoms with Gasteiger partial charge in [0.05, 0.1) is 6.61 Å². The molecule has 0 aromatic heterocycles. The first-order valence-electron chi connectivity index (χ1n) is 3.72. The average molecular weight is 150 g/mol. The number of ether oxygens (including phenoxy) is 2. The molecule has 1 atom stereocenters. The lowest BCUT2D eigenvalue weighted by Gasteiger charge is -1.98. The van der Waals surface area contributed by atoms with Crippen LogP contribution in [-0.4, -0.2) is 12.9 Å². The molecule has 0 bridgehead atoms. The van der Waals surface area contributed by atoms with E-state index in [1.807, 2.05) is 30.3 Å². The standard InChI is InChI=1S/C9H10O2/c1-2-4-8(5-3-1)6-10-9-7-11-9/h1-5,9H,6-7H2/t9-/m0/s1. The molecule has 1 aliphatic heterocycles. The lowest BCUT2D eigenvalue weighted by Crippen LogP contribution is -1.94. The monoisotopic (exact) mass is 150 g/mol. The molecule has 1 heterocycles. The highest BCUT2D eigenvalue weighted by molar-refractivity contribution is 5.13. The van der Waals surface area contributed by atoms with Crippen LogP contribution >= 0.6 is 0 Å². The van der Waals surface area contributed by atoms with Crippen LogP contribution in [0.4, 0.5) is 0 Å². The smallest absolute Gasteiger partial charge is 0.181 e. The van der Waals surface area contributed by atoms with Gasteiger partial charge in [0.2, 0.25) is 0 Å². The molecule has 1 fully saturated rings. The van der Waals surface area contributed by atoms with Crippen LogP contribution in [0.2, 0.25) is 0 Å². The lowest BCUT2D eigenvalue weighted by atomic mass is 10.2. The predicted octanol–water partition coefficient (Wildman–Crippen LogP) is 1.56. The summed E-state index contributed by atoms with van der Waals surface area (Å²) in [5.41, 5.74) is 1.20. The Balaban J connectivity index is 1.85. The zero-order valence-electron chi connectivity index (χ0n) is 6.19. The largest absolute Gasteiger partial charge is 0.346 e. The minimum atomic E-state index is 0.0650. The second kappa shape index (κ2) is 3.03. The minimum absolute atomic E-state index is 0.0650. The van der Waals surface area contributed by atoms with E-state index in [1.165, 1.54) is 5.56 Å². The van der Waals surface area contributed by atoms with Crippen molar-refractivity contribution < 1.29 is 9.47 Å². The summed E-state index contributed by atoms with van der Waals surface area (Å²) in [4.78, 5) is 0. The highest BCUT2D eigenvalue weighted by Crippen LogP contribution is 2.12. The molecular weight excluding hydrogens is 140 g/mol. The van der Waals surface area contributed by atoms with Gasteiger partial charge in [0.25, 0.3) is 0 Å². The van der Waals surface area contributed by atoms with E-state index in [4.69, 9.17) is 9.47 Å². The van der Waals surface area contributed by atoms with E-state index >= 15 is 0 Å². The van der Waals surface area contributed by atoms with Crippen LogP contribution in [0.3, 0.4) is 0 Å². The van der Waals surface area contributed by atoms with Crippen molar-refractivity contribution in [2.45, 2.75) is 12.9 Å². The van der Waals surface area contributed by atoms with Crippen molar-refractivity contribution in [3.05, 3.63) is 35.9 Å². The quantitative estimate of drug-likeness (QED) is 0.610. The van der Waals surface area contributed by atoms with Gasteiger partial charge in [0.15, 0.2) is 6.29 Å². The molecule has 0 amide bonds. The molecule has 0 spiro atoms. The van der Waals surface area contributed by atoms with E-state index in [0.717, 1.165) is 6.61 Å². The van der Waals surface area contributed by atoms with Gasteiger partial charge in [0.1, 0.15) is 6.61 Å². The van der Waals surface area contributed by atoms with E-state index in [2.05, 4.69) is 0 Å². The molecule has 2 nitrogen and oxygen atoms in total. The lowest BCUT2D eigenvalue weighted by molar-refractivity contribution is 0.0386. The number of epoxide rings is 1. The molecule has 0 aliphatic carbocycles.